The number of piperidine rings is 1. The van der Waals surface area contributed by atoms with Crippen LogP contribution in [-0.2, 0) is 16.9 Å². The first kappa shape index (κ1) is 15.7. The standard InChI is InChI=1S/C19H21NO3/c21-14-15-6-8-16(9-7-15)18(22)23-19(10-12-20-13-11-19)17-4-2-1-3-5-17/h1-9,20-21H,10-14H2. The molecule has 1 saturated heterocycles. The van der Waals surface area contributed by atoms with Crippen LogP contribution in [0.2, 0.25) is 0 Å². The summed E-state index contributed by atoms with van der Waals surface area (Å²) in [6.45, 7) is 1.62. The smallest absolute Gasteiger partial charge is 0.339 e. The zero-order valence-electron chi connectivity index (χ0n) is 13.0. The second-order valence-electron chi connectivity index (χ2n) is 5.85. The van der Waals surface area contributed by atoms with Crippen molar-refractivity contribution in [3.8, 4) is 0 Å². The molecule has 1 heterocycles. The van der Waals surface area contributed by atoms with E-state index < -0.39 is 5.60 Å². The van der Waals surface area contributed by atoms with Crippen molar-refractivity contribution in [2.75, 3.05) is 13.1 Å². The second kappa shape index (κ2) is 6.94. The predicted molar refractivity (Wildman–Crippen MR) is 88.0 cm³/mol. The minimum absolute atomic E-state index is 0.0328. The van der Waals surface area contributed by atoms with Crippen LogP contribution in [0.3, 0.4) is 0 Å². The third kappa shape index (κ3) is 3.44. The molecular formula is C19H21NO3. The number of esters is 1. The molecule has 0 radical (unpaired) electrons. The molecule has 1 fully saturated rings. The van der Waals surface area contributed by atoms with E-state index in [1.807, 2.05) is 30.3 Å². The Balaban J connectivity index is 1.84. The maximum Gasteiger partial charge on any atom is 0.339 e. The maximum atomic E-state index is 12.6. The summed E-state index contributed by atoms with van der Waals surface area (Å²) in [6, 6.07) is 16.9. The van der Waals surface area contributed by atoms with E-state index in [-0.39, 0.29) is 12.6 Å². The van der Waals surface area contributed by atoms with Gasteiger partial charge in [-0.05, 0) is 36.3 Å². The third-order valence-corrected chi connectivity index (χ3v) is 4.37. The van der Waals surface area contributed by atoms with E-state index in [0.717, 1.165) is 37.1 Å². The molecule has 1 aliphatic rings. The summed E-state index contributed by atoms with van der Waals surface area (Å²) in [5.74, 6) is -0.319. The lowest BCUT2D eigenvalue weighted by molar-refractivity contribution is -0.0378. The molecule has 0 aromatic heterocycles. The van der Waals surface area contributed by atoms with Gasteiger partial charge in [-0.1, -0.05) is 42.5 Å². The molecule has 4 heteroatoms. The lowest BCUT2D eigenvalue weighted by Gasteiger charge is -2.37. The summed E-state index contributed by atoms with van der Waals surface area (Å²) >= 11 is 0. The molecule has 3 rings (SSSR count). The summed E-state index contributed by atoms with van der Waals surface area (Å²) in [5, 5.41) is 12.4. The summed E-state index contributed by atoms with van der Waals surface area (Å²) < 4.78 is 5.98. The molecule has 0 unspecified atom stereocenters. The summed E-state index contributed by atoms with van der Waals surface area (Å²) in [7, 11) is 0. The normalized spacial score (nSPS) is 16.7. The van der Waals surface area contributed by atoms with E-state index in [1.165, 1.54) is 0 Å². The van der Waals surface area contributed by atoms with Gasteiger partial charge in [0, 0.05) is 12.8 Å². The summed E-state index contributed by atoms with van der Waals surface area (Å²) in [4.78, 5) is 12.6. The first-order valence-corrected chi connectivity index (χ1v) is 7.93. The van der Waals surface area contributed by atoms with Crippen molar-refractivity contribution in [2.24, 2.45) is 0 Å². The number of benzene rings is 2. The van der Waals surface area contributed by atoms with Gasteiger partial charge in [0.1, 0.15) is 5.60 Å². The predicted octanol–water partition coefficient (Wildman–Crippen LogP) is 2.61. The van der Waals surface area contributed by atoms with Gasteiger partial charge in [0.2, 0.25) is 0 Å². The van der Waals surface area contributed by atoms with Crippen molar-refractivity contribution in [3.05, 3.63) is 71.3 Å². The number of hydrogen-bond acceptors (Lipinski definition) is 4. The fourth-order valence-corrected chi connectivity index (χ4v) is 3.00. The topological polar surface area (TPSA) is 58.6 Å². The van der Waals surface area contributed by atoms with Crippen LogP contribution in [0.5, 0.6) is 0 Å². The van der Waals surface area contributed by atoms with Crippen molar-refractivity contribution in [2.45, 2.75) is 25.0 Å². The average Bonchev–Trinajstić information content (AvgIpc) is 2.63. The Morgan fingerprint density at radius 2 is 1.70 bits per heavy atom. The highest BCUT2D eigenvalue weighted by atomic mass is 16.6. The van der Waals surface area contributed by atoms with Crippen LogP contribution >= 0.6 is 0 Å². The van der Waals surface area contributed by atoms with E-state index in [4.69, 9.17) is 9.84 Å². The molecule has 0 atom stereocenters. The lowest BCUT2D eigenvalue weighted by atomic mass is 9.84. The van der Waals surface area contributed by atoms with Crippen LogP contribution in [-0.4, -0.2) is 24.2 Å². The monoisotopic (exact) mass is 311 g/mol. The average molecular weight is 311 g/mol. The Hall–Kier alpha value is -2.17. The Morgan fingerprint density at radius 3 is 2.30 bits per heavy atom. The van der Waals surface area contributed by atoms with Crippen LogP contribution in [0.25, 0.3) is 0 Å². The van der Waals surface area contributed by atoms with Crippen molar-refractivity contribution in [3.63, 3.8) is 0 Å². The van der Waals surface area contributed by atoms with Crippen LogP contribution < -0.4 is 5.32 Å². The van der Waals surface area contributed by atoms with Crippen LogP contribution in [0, 0.1) is 0 Å². The molecular weight excluding hydrogens is 290 g/mol. The number of aliphatic hydroxyl groups excluding tert-OH is 1. The number of ether oxygens (including phenoxy) is 1. The second-order valence-corrected chi connectivity index (χ2v) is 5.85. The Morgan fingerprint density at radius 1 is 1.04 bits per heavy atom. The van der Waals surface area contributed by atoms with Gasteiger partial charge in [-0.3, -0.25) is 0 Å². The molecule has 0 aliphatic carbocycles. The number of hydrogen-bond donors (Lipinski definition) is 2. The van der Waals surface area contributed by atoms with Gasteiger partial charge in [-0.2, -0.15) is 0 Å². The highest BCUT2D eigenvalue weighted by Gasteiger charge is 2.37. The van der Waals surface area contributed by atoms with Crippen molar-refractivity contribution < 1.29 is 14.6 Å². The molecule has 1 aliphatic heterocycles. The highest BCUT2D eigenvalue weighted by molar-refractivity contribution is 5.89. The summed E-state index contributed by atoms with van der Waals surface area (Å²) in [6.07, 6.45) is 1.52. The van der Waals surface area contributed by atoms with Gasteiger partial charge < -0.3 is 15.2 Å². The van der Waals surface area contributed by atoms with Gasteiger partial charge in [-0.25, -0.2) is 4.79 Å². The Bertz CT molecular complexity index is 646. The number of carbonyl (C=O) groups is 1. The van der Waals surface area contributed by atoms with E-state index in [1.54, 1.807) is 24.3 Å². The lowest BCUT2D eigenvalue weighted by Crippen LogP contribution is -2.43. The number of aliphatic hydroxyl groups is 1. The highest BCUT2D eigenvalue weighted by Crippen LogP contribution is 2.35. The van der Waals surface area contributed by atoms with E-state index in [0.29, 0.717) is 5.56 Å². The SMILES string of the molecule is O=C(OC1(c2ccccc2)CCNCC1)c1ccc(CO)cc1. The van der Waals surface area contributed by atoms with Gasteiger partial charge in [-0.15, -0.1) is 0 Å². The van der Waals surface area contributed by atoms with Crippen LogP contribution in [0.4, 0.5) is 0 Å². The molecule has 4 nitrogen and oxygen atoms in total. The first-order chi connectivity index (χ1) is 11.2. The fraction of sp³-hybridized carbons (Fsp3) is 0.316. The molecule has 0 saturated carbocycles. The minimum Gasteiger partial charge on any atom is -0.450 e. The van der Waals surface area contributed by atoms with Crippen molar-refractivity contribution >= 4 is 5.97 Å². The number of carbonyl (C=O) groups excluding carboxylic acids is 1. The molecule has 23 heavy (non-hydrogen) atoms. The fourth-order valence-electron chi connectivity index (χ4n) is 3.00. The number of rotatable bonds is 4. The van der Waals surface area contributed by atoms with Crippen molar-refractivity contribution in [1.82, 2.24) is 5.32 Å². The largest absolute Gasteiger partial charge is 0.450 e. The maximum absolute atomic E-state index is 12.6. The Labute approximate surface area is 136 Å². The zero-order chi connectivity index (χ0) is 16.1. The van der Waals surface area contributed by atoms with Gasteiger partial charge in [0.05, 0.1) is 12.2 Å². The quantitative estimate of drug-likeness (QED) is 0.852. The molecule has 2 aromatic carbocycles. The molecule has 0 spiro atoms. The third-order valence-electron chi connectivity index (χ3n) is 4.37. The van der Waals surface area contributed by atoms with E-state index in [2.05, 4.69) is 5.32 Å². The van der Waals surface area contributed by atoms with Gasteiger partial charge in [0.15, 0.2) is 0 Å². The zero-order valence-corrected chi connectivity index (χ0v) is 13.0. The number of nitrogens with one attached hydrogen (secondary N) is 1. The summed E-state index contributed by atoms with van der Waals surface area (Å²) in [5.41, 5.74) is 1.76. The molecule has 2 aromatic rings. The van der Waals surface area contributed by atoms with Crippen LogP contribution in [0.1, 0.15) is 34.3 Å². The van der Waals surface area contributed by atoms with E-state index in [9.17, 15) is 4.79 Å². The first-order valence-electron chi connectivity index (χ1n) is 7.93. The Kier molecular flexibility index (Phi) is 4.74. The molecule has 2 N–H and O–H groups in total. The minimum atomic E-state index is -0.570. The van der Waals surface area contributed by atoms with Crippen LogP contribution in [0.15, 0.2) is 54.6 Å². The molecule has 120 valence electrons. The molecule has 0 bridgehead atoms. The molecule has 0 amide bonds. The van der Waals surface area contributed by atoms with Crippen molar-refractivity contribution in [1.29, 1.82) is 0 Å². The van der Waals surface area contributed by atoms with Gasteiger partial charge in [0.25, 0.3) is 0 Å². The van der Waals surface area contributed by atoms with E-state index >= 15 is 0 Å². The van der Waals surface area contributed by atoms with Gasteiger partial charge >= 0.3 is 5.97 Å².